The third kappa shape index (κ3) is 1.72. The van der Waals surface area contributed by atoms with Crippen molar-refractivity contribution in [2.24, 2.45) is 0 Å². The van der Waals surface area contributed by atoms with Crippen LogP contribution in [-0.4, -0.2) is 34.0 Å². The van der Waals surface area contributed by atoms with Gasteiger partial charge in [0.2, 0.25) is 0 Å². The zero-order chi connectivity index (χ0) is 11.7. The summed E-state index contributed by atoms with van der Waals surface area (Å²) in [5.74, 6) is 0. The van der Waals surface area contributed by atoms with E-state index in [1.165, 1.54) is 16.8 Å². The van der Waals surface area contributed by atoms with Crippen molar-refractivity contribution in [2.45, 2.75) is 12.1 Å². The fourth-order valence-corrected chi connectivity index (χ4v) is 1.74. The van der Waals surface area contributed by atoms with Crippen molar-refractivity contribution in [1.82, 2.24) is 9.55 Å². The van der Waals surface area contributed by atoms with E-state index in [9.17, 15) is 9.59 Å². The molecule has 1 aromatic rings. The van der Waals surface area contributed by atoms with Crippen molar-refractivity contribution in [3.63, 3.8) is 0 Å². The van der Waals surface area contributed by atoms with Crippen LogP contribution in [0.4, 0.5) is 0 Å². The van der Waals surface area contributed by atoms with Gasteiger partial charge in [-0.3, -0.25) is 14.3 Å². The van der Waals surface area contributed by atoms with Crippen LogP contribution in [0.5, 0.6) is 0 Å². The molecule has 16 heavy (non-hydrogen) atoms. The van der Waals surface area contributed by atoms with E-state index in [4.69, 9.17) is 9.84 Å². The van der Waals surface area contributed by atoms with Crippen molar-refractivity contribution in [3.8, 4) is 0 Å². The minimum atomic E-state index is -0.499. The summed E-state index contributed by atoms with van der Waals surface area (Å²) in [5, 5.41) is 8.98. The highest BCUT2D eigenvalue weighted by Gasteiger charge is 2.30. The monoisotopic (exact) mass is 224 g/mol. The zero-order valence-corrected chi connectivity index (χ0v) is 8.55. The Bertz CT molecular complexity index is 516. The summed E-state index contributed by atoms with van der Waals surface area (Å²) >= 11 is 0. The van der Waals surface area contributed by atoms with Gasteiger partial charge < -0.3 is 9.84 Å². The van der Waals surface area contributed by atoms with Crippen LogP contribution >= 0.6 is 0 Å². The Hall–Kier alpha value is -1.66. The van der Waals surface area contributed by atoms with Crippen LogP contribution in [0.3, 0.4) is 0 Å². The second-order valence-corrected chi connectivity index (χ2v) is 3.61. The minimum absolute atomic E-state index is 0.159. The number of hydrogen-bond acceptors (Lipinski definition) is 4. The molecule has 0 radical (unpaired) electrons. The maximum absolute atomic E-state index is 11.5. The molecule has 1 saturated heterocycles. The van der Waals surface area contributed by atoms with E-state index in [0.29, 0.717) is 5.57 Å². The lowest BCUT2D eigenvalue weighted by molar-refractivity contribution is 0.0686. The molecule has 1 aliphatic heterocycles. The number of hydrogen-bond donors (Lipinski definition) is 2. The van der Waals surface area contributed by atoms with E-state index in [1.807, 2.05) is 0 Å². The van der Waals surface area contributed by atoms with Crippen LogP contribution in [0.15, 0.2) is 34.0 Å². The van der Waals surface area contributed by atoms with Crippen molar-refractivity contribution >= 4 is 0 Å². The molecule has 0 aromatic carbocycles. The molecule has 2 rings (SSSR count). The lowest BCUT2D eigenvalue weighted by Gasteiger charge is -2.13. The molecule has 0 saturated carbocycles. The van der Waals surface area contributed by atoms with Crippen molar-refractivity contribution < 1.29 is 9.84 Å². The number of nitrogens with one attached hydrogen (secondary N) is 1. The average Bonchev–Trinajstić information content (AvgIpc) is 2.60. The van der Waals surface area contributed by atoms with Gasteiger partial charge in [-0.15, -0.1) is 0 Å². The summed E-state index contributed by atoms with van der Waals surface area (Å²) in [6.45, 7) is 3.91. The number of aliphatic hydroxyl groups excluding tert-OH is 1. The molecule has 6 heteroatoms. The predicted molar refractivity (Wildman–Crippen MR) is 56.3 cm³/mol. The first-order valence-corrected chi connectivity index (χ1v) is 4.86. The molecule has 6 nitrogen and oxygen atoms in total. The van der Waals surface area contributed by atoms with Gasteiger partial charge in [0, 0.05) is 12.3 Å². The van der Waals surface area contributed by atoms with Gasteiger partial charge in [0.05, 0.1) is 19.3 Å². The quantitative estimate of drug-likeness (QED) is 0.633. The summed E-state index contributed by atoms with van der Waals surface area (Å²) in [6.07, 6.45) is 0.962. The molecule has 2 atom stereocenters. The lowest BCUT2D eigenvalue weighted by atomic mass is 10.1. The van der Waals surface area contributed by atoms with Gasteiger partial charge in [-0.1, -0.05) is 6.58 Å². The van der Waals surface area contributed by atoms with Crippen molar-refractivity contribution in [2.75, 3.05) is 13.2 Å². The number of aromatic nitrogens is 2. The van der Waals surface area contributed by atoms with Gasteiger partial charge in [0.1, 0.15) is 6.10 Å². The topological polar surface area (TPSA) is 84.3 Å². The third-order valence-corrected chi connectivity index (χ3v) is 2.65. The Morgan fingerprint density at radius 2 is 2.38 bits per heavy atom. The summed E-state index contributed by atoms with van der Waals surface area (Å²) in [7, 11) is 0. The number of aliphatic hydroxyl groups is 1. The SMILES string of the molecule is C=C1[C@H](n2ccc(=O)[nH]c2=O)CO[C@@H]1CO. The van der Waals surface area contributed by atoms with E-state index >= 15 is 0 Å². The summed E-state index contributed by atoms with van der Waals surface area (Å²) < 4.78 is 6.61. The Morgan fingerprint density at radius 1 is 1.62 bits per heavy atom. The second-order valence-electron chi connectivity index (χ2n) is 3.61. The first-order valence-electron chi connectivity index (χ1n) is 4.86. The minimum Gasteiger partial charge on any atom is -0.393 e. The van der Waals surface area contributed by atoms with E-state index in [2.05, 4.69) is 11.6 Å². The molecule has 1 fully saturated rings. The molecule has 1 aromatic heterocycles. The van der Waals surface area contributed by atoms with E-state index in [0.717, 1.165) is 0 Å². The first kappa shape index (κ1) is 10.8. The third-order valence-electron chi connectivity index (χ3n) is 2.65. The zero-order valence-electron chi connectivity index (χ0n) is 8.55. The smallest absolute Gasteiger partial charge is 0.328 e. The van der Waals surface area contributed by atoms with Crippen molar-refractivity contribution in [1.29, 1.82) is 0 Å². The van der Waals surface area contributed by atoms with E-state index in [1.54, 1.807) is 0 Å². The normalized spacial score (nSPS) is 24.9. The molecule has 2 heterocycles. The van der Waals surface area contributed by atoms with Gasteiger partial charge in [-0.25, -0.2) is 4.79 Å². The van der Waals surface area contributed by atoms with Crippen LogP contribution in [0.1, 0.15) is 6.04 Å². The number of nitrogens with zero attached hydrogens (tertiary/aromatic N) is 1. The molecule has 0 aliphatic carbocycles. The number of ether oxygens (including phenoxy) is 1. The Morgan fingerprint density at radius 3 is 2.94 bits per heavy atom. The fourth-order valence-electron chi connectivity index (χ4n) is 1.74. The van der Waals surface area contributed by atoms with Crippen LogP contribution in [0, 0.1) is 0 Å². The molecule has 0 amide bonds. The molecule has 86 valence electrons. The molecule has 0 bridgehead atoms. The van der Waals surface area contributed by atoms with E-state index in [-0.39, 0.29) is 19.3 Å². The van der Waals surface area contributed by atoms with Crippen LogP contribution in [-0.2, 0) is 4.74 Å². The fraction of sp³-hybridized carbons (Fsp3) is 0.400. The van der Waals surface area contributed by atoms with E-state index < -0.39 is 17.4 Å². The number of H-pyrrole nitrogens is 1. The van der Waals surface area contributed by atoms with Crippen LogP contribution in [0.25, 0.3) is 0 Å². The molecule has 2 N–H and O–H groups in total. The molecular weight excluding hydrogens is 212 g/mol. The number of aromatic amines is 1. The molecule has 0 unspecified atom stereocenters. The highest BCUT2D eigenvalue weighted by atomic mass is 16.5. The largest absolute Gasteiger partial charge is 0.393 e. The van der Waals surface area contributed by atoms with Crippen LogP contribution in [0.2, 0.25) is 0 Å². The Balaban J connectivity index is 2.36. The van der Waals surface area contributed by atoms with Gasteiger partial charge in [0.25, 0.3) is 5.56 Å². The standard InChI is InChI=1S/C10H12N2O4/c1-6-7(5-16-8(6)4-13)12-3-2-9(14)11-10(12)15/h2-3,7-8,13H,1,4-5H2,(H,11,14,15)/t7-,8-/m1/s1. The van der Waals surface area contributed by atoms with Crippen molar-refractivity contribution in [3.05, 3.63) is 45.3 Å². The molecule has 1 aliphatic rings. The average molecular weight is 224 g/mol. The molecular formula is C10H12N2O4. The predicted octanol–water partition coefficient (Wildman–Crippen LogP) is -0.975. The summed E-state index contributed by atoms with van der Waals surface area (Å²) in [4.78, 5) is 24.6. The summed E-state index contributed by atoms with van der Waals surface area (Å²) in [6, 6.07) is 0.933. The van der Waals surface area contributed by atoms with Gasteiger partial charge in [-0.2, -0.15) is 0 Å². The highest BCUT2D eigenvalue weighted by molar-refractivity contribution is 5.15. The van der Waals surface area contributed by atoms with Gasteiger partial charge in [-0.05, 0) is 5.57 Å². The Kier molecular flexibility index (Phi) is 2.76. The van der Waals surface area contributed by atoms with Gasteiger partial charge >= 0.3 is 5.69 Å². The maximum atomic E-state index is 11.5. The second kappa shape index (κ2) is 4.07. The lowest BCUT2D eigenvalue weighted by Crippen LogP contribution is -2.32. The number of rotatable bonds is 2. The van der Waals surface area contributed by atoms with Crippen LogP contribution < -0.4 is 11.2 Å². The molecule has 0 spiro atoms. The van der Waals surface area contributed by atoms with Gasteiger partial charge in [0.15, 0.2) is 0 Å². The first-order chi connectivity index (χ1) is 7.63. The Labute approximate surface area is 90.8 Å². The summed E-state index contributed by atoms with van der Waals surface area (Å²) in [5.41, 5.74) is -0.304. The highest BCUT2D eigenvalue weighted by Crippen LogP contribution is 2.27. The maximum Gasteiger partial charge on any atom is 0.328 e.